The van der Waals surface area contributed by atoms with Crippen LogP contribution in [0, 0.1) is 11.3 Å². The van der Waals surface area contributed by atoms with Crippen molar-refractivity contribution in [1.29, 1.82) is 5.26 Å². The van der Waals surface area contributed by atoms with Crippen LogP contribution in [0.2, 0.25) is 0 Å². The van der Waals surface area contributed by atoms with Gasteiger partial charge >= 0.3 is 0 Å². The molecule has 2 aromatic heterocycles. The van der Waals surface area contributed by atoms with Crippen LogP contribution in [0.15, 0.2) is 23.1 Å². The van der Waals surface area contributed by atoms with Crippen LogP contribution in [0.1, 0.15) is 12.5 Å². The smallest absolute Gasteiger partial charge is 0.225 e. The summed E-state index contributed by atoms with van der Waals surface area (Å²) in [5.74, 6) is 0.385. The van der Waals surface area contributed by atoms with Crippen LogP contribution in [0.5, 0.6) is 5.88 Å². The molecule has 1 N–H and O–H groups in total. The maximum Gasteiger partial charge on any atom is 0.225 e. The first-order valence-electron chi connectivity index (χ1n) is 4.81. The molecule has 0 saturated carbocycles. The second-order valence-electron chi connectivity index (χ2n) is 3.12. The topological polar surface area (TPSA) is 78.8 Å². The summed E-state index contributed by atoms with van der Waals surface area (Å²) < 4.78 is 5.20. The lowest BCUT2D eigenvalue weighted by molar-refractivity contribution is 0.328. The van der Waals surface area contributed by atoms with Gasteiger partial charge in [0.2, 0.25) is 11.3 Å². The van der Waals surface area contributed by atoms with Gasteiger partial charge in [-0.2, -0.15) is 5.26 Å². The highest BCUT2D eigenvalue weighted by atomic mass is 16.5. The van der Waals surface area contributed by atoms with Gasteiger partial charge in [-0.15, -0.1) is 0 Å². The summed E-state index contributed by atoms with van der Waals surface area (Å²) in [4.78, 5) is 18.7. The van der Waals surface area contributed by atoms with Crippen LogP contribution in [0.3, 0.4) is 0 Å². The zero-order valence-corrected chi connectivity index (χ0v) is 8.65. The lowest BCUT2D eigenvalue weighted by atomic mass is 10.2. The molecule has 0 aliphatic rings. The minimum Gasteiger partial charge on any atom is -0.478 e. The van der Waals surface area contributed by atoms with Gasteiger partial charge in [-0.05, 0) is 13.0 Å². The van der Waals surface area contributed by atoms with E-state index in [9.17, 15) is 4.79 Å². The highest BCUT2D eigenvalue weighted by Gasteiger charge is 2.06. The van der Waals surface area contributed by atoms with Crippen LogP contribution in [0.25, 0.3) is 11.0 Å². The monoisotopic (exact) mass is 215 g/mol. The zero-order valence-electron chi connectivity index (χ0n) is 8.65. The average molecular weight is 215 g/mol. The fourth-order valence-corrected chi connectivity index (χ4v) is 1.39. The Labute approximate surface area is 91.3 Å². The van der Waals surface area contributed by atoms with Crippen molar-refractivity contribution in [2.75, 3.05) is 6.61 Å². The highest BCUT2D eigenvalue weighted by Crippen LogP contribution is 2.12. The van der Waals surface area contributed by atoms with E-state index in [1.807, 2.05) is 13.0 Å². The van der Waals surface area contributed by atoms with Gasteiger partial charge in [0.05, 0.1) is 12.1 Å². The number of aromatic nitrogens is 2. The summed E-state index contributed by atoms with van der Waals surface area (Å²) in [6.45, 7) is 2.32. The first-order chi connectivity index (χ1) is 7.76. The summed E-state index contributed by atoms with van der Waals surface area (Å²) in [7, 11) is 0. The summed E-state index contributed by atoms with van der Waals surface area (Å²) in [5.41, 5.74) is 0.490. The van der Waals surface area contributed by atoms with Gasteiger partial charge in [0.25, 0.3) is 0 Å². The van der Waals surface area contributed by atoms with E-state index in [0.29, 0.717) is 18.0 Å². The molecule has 5 heteroatoms. The number of rotatable bonds is 2. The Bertz CT molecular complexity index is 625. The Kier molecular flexibility index (Phi) is 2.56. The van der Waals surface area contributed by atoms with Crippen molar-refractivity contribution in [1.82, 2.24) is 9.97 Å². The van der Waals surface area contributed by atoms with Gasteiger partial charge in [0.15, 0.2) is 0 Å². The van der Waals surface area contributed by atoms with Crippen LogP contribution in [-0.4, -0.2) is 16.6 Å². The van der Waals surface area contributed by atoms with Crippen molar-refractivity contribution in [3.8, 4) is 11.9 Å². The number of pyridine rings is 2. The SMILES string of the molecule is CCOc1ccc2[nH]cc(C#N)c(=O)c2n1. The fourth-order valence-electron chi connectivity index (χ4n) is 1.39. The molecule has 0 spiro atoms. The van der Waals surface area contributed by atoms with Crippen molar-refractivity contribution < 1.29 is 4.74 Å². The van der Waals surface area contributed by atoms with Crippen molar-refractivity contribution >= 4 is 11.0 Å². The number of hydrogen-bond donors (Lipinski definition) is 1. The maximum atomic E-state index is 11.8. The molecule has 0 radical (unpaired) electrons. The van der Waals surface area contributed by atoms with Gasteiger partial charge < -0.3 is 9.72 Å². The number of ether oxygens (including phenoxy) is 1. The van der Waals surface area contributed by atoms with Crippen LogP contribution >= 0.6 is 0 Å². The standard InChI is InChI=1S/C11H9N3O2/c1-2-16-9-4-3-8-10(14-9)11(15)7(5-12)6-13-8/h3-4,6H,2H2,1H3,(H,13,15). The minimum absolute atomic E-state index is 0.0497. The molecule has 80 valence electrons. The first-order valence-corrected chi connectivity index (χ1v) is 4.81. The van der Waals surface area contributed by atoms with E-state index < -0.39 is 0 Å². The third-order valence-corrected chi connectivity index (χ3v) is 2.11. The molecule has 0 aliphatic heterocycles. The third kappa shape index (κ3) is 1.61. The second kappa shape index (κ2) is 4.03. The number of nitrogens with one attached hydrogen (secondary N) is 1. The summed E-state index contributed by atoms with van der Waals surface area (Å²) in [6.07, 6.45) is 1.38. The van der Waals surface area contributed by atoms with Gasteiger partial charge in [0, 0.05) is 12.3 Å². The van der Waals surface area contributed by atoms with E-state index in [4.69, 9.17) is 10.00 Å². The molecular weight excluding hydrogens is 206 g/mol. The van der Waals surface area contributed by atoms with E-state index >= 15 is 0 Å². The number of fused-ring (bicyclic) bond motifs is 1. The first kappa shape index (κ1) is 10.2. The largest absolute Gasteiger partial charge is 0.478 e. The maximum absolute atomic E-state index is 11.8. The molecule has 2 rings (SSSR count). The molecule has 16 heavy (non-hydrogen) atoms. The Balaban J connectivity index is 2.71. The number of nitriles is 1. The summed E-state index contributed by atoms with van der Waals surface area (Å²) >= 11 is 0. The molecule has 0 saturated heterocycles. The molecular formula is C11H9N3O2. The molecule has 5 nitrogen and oxygen atoms in total. The van der Waals surface area contributed by atoms with Crippen molar-refractivity contribution in [2.24, 2.45) is 0 Å². The lowest BCUT2D eigenvalue weighted by Gasteiger charge is -2.02. The molecule has 0 unspecified atom stereocenters. The predicted molar refractivity (Wildman–Crippen MR) is 58.2 cm³/mol. The van der Waals surface area contributed by atoms with Crippen molar-refractivity contribution in [3.05, 3.63) is 34.1 Å². The van der Waals surface area contributed by atoms with Crippen LogP contribution in [0.4, 0.5) is 0 Å². The molecule has 0 fully saturated rings. The normalized spacial score (nSPS) is 10.0. The van der Waals surface area contributed by atoms with Gasteiger partial charge in [0.1, 0.15) is 17.1 Å². The molecule has 0 aliphatic carbocycles. The van der Waals surface area contributed by atoms with Crippen molar-refractivity contribution in [3.63, 3.8) is 0 Å². The fraction of sp³-hybridized carbons (Fsp3) is 0.182. The van der Waals surface area contributed by atoms with Gasteiger partial charge in [-0.1, -0.05) is 0 Å². The number of aromatic amines is 1. The highest BCUT2D eigenvalue weighted by molar-refractivity contribution is 5.75. The Morgan fingerprint density at radius 3 is 3.06 bits per heavy atom. The Morgan fingerprint density at radius 2 is 2.38 bits per heavy atom. The quantitative estimate of drug-likeness (QED) is 0.816. The summed E-state index contributed by atoms with van der Waals surface area (Å²) in [6, 6.07) is 5.19. The summed E-state index contributed by atoms with van der Waals surface area (Å²) in [5, 5.41) is 8.72. The molecule has 2 aromatic rings. The molecule has 0 atom stereocenters. The molecule has 0 amide bonds. The molecule has 0 bridgehead atoms. The van der Waals surface area contributed by atoms with E-state index in [1.54, 1.807) is 12.1 Å². The lowest BCUT2D eigenvalue weighted by Crippen LogP contribution is -2.09. The number of hydrogen-bond acceptors (Lipinski definition) is 4. The van der Waals surface area contributed by atoms with Crippen molar-refractivity contribution in [2.45, 2.75) is 6.92 Å². The van der Waals surface area contributed by atoms with E-state index in [2.05, 4.69) is 9.97 Å². The number of H-pyrrole nitrogens is 1. The van der Waals surface area contributed by atoms with Crippen LogP contribution in [-0.2, 0) is 0 Å². The van der Waals surface area contributed by atoms with Crippen LogP contribution < -0.4 is 10.2 Å². The predicted octanol–water partition coefficient (Wildman–Crippen LogP) is 1.19. The zero-order chi connectivity index (χ0) is 11.5. The van der Waals surface area contributed by atoms with Gasteiger partial charge in [-0.25, -0.2) is 4.98 Å². The van der Waals surface area contributed by atoms with Gasteiger partial charge in [-0.3, -0.25) is 4.79 Å². The van der Waals surface area contributed by atoms with E-state index in [0.717, 1.165) is 0 Å². The number of nitrogens with zero attached hydrogens (tertiary/aromatic N) is 2. The average Bonchev–Trinajstić information content (AvgIpc) is 2.31. The molecule has 0 aromatic carbocycles. The third-order valence-electron chi connectivity index (χ3n) is 2.11. The Hall–Kier alpha value is -2.35. The second-order valence-corrected chi connectivity index (χ2v) is 3.12. The van der Waals surface area contributed by atoms with E-state index in [-0.39, 0.29) is 16.5 Å². The molecule has 2 heterocycles. The minimum atomic E-state index is -0.377. The van der Waals surface area contributed by atoms with E-state index in [1.165, 1.54) is 6.20 Å². The Morgan fingerprint density at radius 1 is 1.56 bits per heavy atom.